The molecule has 4 heteroatoms. The van der Waals surface area contributed by atoms with Crippen LogP contribution in [0.1, 0.15) is 32.3 Å². The number of hydrogen-bond acceptors (Lipinski definition) is 3. The summed E-state index contributed by atoms with van der Waals surface area (Å²) in [5.41, 5.74) is 6.12. The Bertz CT molecular complexity index is 428. The number of benzene rings is 1. The van der Waals surface area contributed by atoms with Gasteiger partial charge in [-0.1, -0.05) is 25.4 Å². The van der Waals surface area contributed by atoms with Crippen molar-refractivity contribution >= 4 is 17.4 Å². The first-order valence-corrected chi connectivity index (χ1v) is 6.49. The van der Waals surface area contributed by atoms with Gasteiger partial charge in [0.15, 0.2) is 5.78 Å². The van der Waals surface area contributed by atoms with E-state index >= 15 is 0 Å². The molecule has 0 amide bonds. The molecular formula is C14H20ClNO2. The van der Waals surface area contributed by atoms with E-state index in [-0.39, 0.29) is 12.2 Å². The van der Waals surface area contributed by atoms with Gasteiger partial charge in [0, 0.05) is 17.0 Å². The highest BCUT2D eigenvalue weighted by Crippen LogP contribution is 2.25. The van der Waals surface area contributed by atoms with Crippen molar-refractivity contribution in [3.05, 3.63) is 28.8 Å². The molecule has 1 aromatic rings. The molecule has 0 aliphatic heterocycles. The third-order valence-electron chi connectivity index (χ3n) is 3.41. The number of hydrogen-bond donors (Lipinski definition) is 1. The average Bonchev–Trinajstić information content (AvgIpc) is 2.38. The van der Waals surface area contributed by atoms with Crippen molar-refractivity contribution in [1.82, 2.24) is 0 Å². The lowest BCUT2D eigenvalue weighted by atomic mass is 9.86. The minimum absolute atomic E-state index is 0.0214. The Morgan fingerprint density at radius 1 is 1.39 bits per heavy atom. The molecule has 0 aromatic heterocycles. The highest BCUT2D eigenvalue weighted by Gasteiger charge is 2.30. The van der Waals surface area contributed by atoms with Gasteiger partial charge in [0.25, 0.3) is 0 Å². The first kappa shape index (κ1) is 15.0. The predicted octanol–water partition coefficient (Wildman–Crippen LogP) is 2.98. The number of methoxy groups -OCH3 is 1. The van der Waals surface area contributed by atoms with Crippen molar-refractivity contribution in [2.24, 2.45) is 5.73 Å². The van der Waals surface area contributed by atoms with E-state index in [2.05, 4.69) is 0 Å². The van der Waals surface area contributed by atoms with E-state index in [1.54, 1.807) is 25.3 Å². The highest BCUT2D eigenvalue weighted by atomic mass is 35.5. The molecule has 2 N–H and O–H groups in total. The fourth-order valence-corrected chi connectivity index (χ4v) is 2.07. The number of halogens is 1. The first-order valence-electron chi connectivity index (χ1n) is 6.11. The molecule has 0 aliphatic carbocycles. The Morgan fingerprint density at radius 3 is 2.50 bits per heavy atom. The molecule has 0 aliphatic rings. The summed E-state index contributed by atoms with van der Waals surface area (Å²) >= 11 is 5.94. The quantitative estimate of drug-likeness (QED) is 0.864. The molecule has 0 spiro atoms. The molecule has 0 heterocycles. The zero-order valence-electron chi connectivity index (χ0n) is 11.1. The predicted molar refractivity (Wildman–Crippen MR) is 74.2 cm³/mol. The molecule has 0 bridgehead atoms. The lowest BCUT2D eigenvalue weighted by Crippen LogP contribution is -2.47. The first-order chi connectivity index (χ1) is 8.46. The van der Waals surface area contributed by atoms with E-state index in [1.807, 2.05) is 13.8 Å². The fourth-order valence-electron chi connectivity index (χ4n) is 1.88. The van der Waals surface area contributed by atoms with Gasteiger partial charge >= 0.3 is 0 Å². The average molecular weight is 270 g/mol. The second-order valence-electron chi connectivity index (χ2n) is 4.42. The lowest BCUT2D eigenvalue weighted by molar-refractivity contribution is -0.123. The van der Waals surface area contributed by atoms with Gasteiger partial charge in [0.05, 0.1) is 12.6 Å². The topological polar surface area (TPSA) is 52.3 Å². The smallest absolute Gasteiger partial charge is 0.157 e. The van der Waals surface area contributed by atoms with E-state index in [9.17, 15) is 4.79 Å². The van der Waals surface area contributed by atoms with E-state index in [0.29, 0.717) is 23.6 Å². The van der Waals surface area contributed by atoms with Crippen LogP contribution in [0.3, 0.4) is 0 Å². The van der Waals surface area contributed by atoms with Crippen molar-refractivity contribution in [2.75, 3.05) is 7.11 Å². The van der Waals surface area contributed by atoms with Crippen LogP contribution in [0.25, 0.3) is 0 Å². The summed E-state index contributed by atoms with van der Waals surface area (Å²) in [6.45, 7) is 3.85. The van der Waals surface area contributed by atoms with Gasteiger partial charge < -0.3 is 10.5 Å². The third kappa shape index (κ3) is 3.24. The molecule has 0 unspecified atom stereocenters. The van der Waals surface area contributed by atoms with Crippen LogP contribution >= 0.6 is 11.6 Å². The van der Waals surface area contributed by atoms with Crippen LogP contribution in [0.5, 0.6) is 5.75 Å². The second-order valence-corrected chi connectivity index (χ2v) is 4.86. The van der Waals surface area contributed by atoms with Crippen molar-refractivity contribution < 1.29 is 9.53 Å². The van der Waals surface area contributed by atoms with Crippen molar-refractivity contribution in [3.63, 3.8) is 0 Å². The Morgan fingerprint density at radius 2 is 2.00 bits per heavy atom. The number of Topliss-reactive ketones (excluding diaryl/α,β-unsaturated/α-hetero) is 1. The largest absolute Gasteiger partial charge is 0.496 e. The van der Waals surface area contributed by atoms with E-state index in [4.69, 9.17) is 22.1 Å². The lowest BCUT2D eigenvalue weighted by Gasteiger charge is -2.25. The van der Waals surface area contributed by atoms with Gasteiger partial charge in [0.1, 0.15) is 5.75 Å². The summed E-state index contributed by atoms with van der Waals surface area (Å²) in [7, 11) is 1.58. The van der Waals surface area contributed by atoms with Crippen LogP contribution in [0, 0.1) is 0 Å². The minimum Gasteiger partial charge on any atom is -0.496 e. The molecule has 0 atom stereocenters. The van der Waals surface area contributed by atoms with Crippen LogP contribution in [0.15, 0.2) is 18.2 Å². The van der Waals surface area contributed by atoms with Crippen LogP contribution in [0.2, 0.25) is 5.02 Å². The monoisotopic (exact) mass is 269 g/mol. The van der Waals surface area contributed by atoms with Crippen molar-refractivity contribution in [3.8, 4) is 5.75 Å². The molecule has 3 nitrogen and oxygen atoms in total. The second kappa shape index (κ2) is 6.21. The van der Waals surface area contributed by atoms with Crippen LogP contribution in [-0.4, -0.2) is 18.4 Å². The SMILES string of the molecule is CCC(N)(CC)C(=O)Cc1cc(Cl)ccc1OC. The third-order valence-corrected chi connectivity index (χ3v) is 3.65. The Hall–Kier alpha value is -1.06. The number of ketones is 1. The molecule has 1 aromatic carbocycles. The number of nitrogens with two attached hydrogens (primary N) is 1. The Labute approximate surface area is 113 Å². The van der Waals surface area contributed by atoms with Gasteiger partial charge in [-0.25, -0.2) is 0 Å². The van der Waals surface area contributed by atoms with Gasteiger partial charge in [-0.05, 0) is 31.0 Å². The zero-order chi connectivity index (χ0) is 13.8. The molecule has 0 fully saturated rings. The summed E-state index contributed by atoms with van der Waals surface area (Å²) in [6.07, 6.45) is 1.51. The number of carbonyl (C=O) groups excluding carboxylic acids is 1. The van der Waals surface area contributed by atoms with Gasteiger partial charge in [0.2, 0.25) is 0 Å². The summed E-state index contributed by atoms with van der Waals surface area (Å²) in [6, 6.07) is 5.26. The number of carbonyl (C=O) groups is 1. The van der Waals surface area contributed by atoms with Crippen molar-refractivity contribution in [2.45, 2.75) is 38.6 Å². The van der Waals surface area contributed by atoms with Gasteiger partial charge in [-0.15, -0.1) is 0 Å². The van der Waals surface area contributed by atoms with E-state index in [0.717, 1.165) is 5.56 Å². The molecule has 1 rings (SSSR count). The zero-order valence-corrected chi connectivity index (χ0v) is 11.9. The summed E-state index contributed by atoms with van der Waals surface area (Å²) in [4.78, 5) is 12.3. The normalized spacial score (nSPS) is 11.4. The van der Waals surface area contributed by atoms with E-state index < -0.39 is 5.54 Å². The summed E-state index contributed by atoms with van der Waals surface area (Å²) in [5, 5.41) is 0.592. The van der Waals surface area contributed by atoms with Crippen LogP contribution in [0.4, 0.5) is 0 Å². The van der Waals surface area contributed by atoms with Gasteiger partial charge in [-0.3, -0.25) is 4.79 Å². The van der Waals surface area contributed by atoms with Crippen LogP contribution in [-0.2, 0) is 11.2 Å². The minimum atomic E-state index is -0.757. The summed E-state index contributed by atoms with van der Waals surface area (Å²) in [5.74, 6) is 0.690. The standard InChI is InChI=1S/C14H20ClNO2/c1-4-14(16,5-2)13(17)9-10-8-11(15)6-7-12(10)18-3/h6-8H,4-5,9,16H2,1-3H3. The molecule has 0 radical (unpaired) electrons. The highest BCUT2D eigenvalue weighted by molar-refractivity contribution is 6.30. The molecule has 18 heavy (non-hydrogen) atoms. The maximum absolute atomic E-state index is 12.3. The molecular weight excluding hydrogens is 250 g/mol. The molecule has 0 saturated carbocycles. The fraction of sp³-hybridized carbons (Fsp3) is 0.500. The maximum Gasteiger partial charge on any atom is 0.157 e. The Kier molecular flexibility index (Phi) is 5.17. The van der Waals surface area contributed by atoms with E-state index in [1.165, 1.54) is 0 Å². The maximum atomic E-state index is 12.3. The van der Waals surface area contributed by atoms with Crippen molar-refractivity contribution in [1.29, 1.82) is 0 Å². The number of rotatable bonds is 6. The number of ether oxygens (including phenoxy) is 1. The Balaban J connectivity index is 2.97. The van der Waals surface area contributed by atoms with Gasteiger partial charge in [-0.2, -0.15) is 0 Å². The molecule has 100 valence electrons. The molecule has 0 saturated heterocycles. The summed E-state index contributed by atoms with van der Waals surface area (Å²) < 4.78 is 5.23. The van der Waals surface area contributed by atoms with Crippen LogP contribution < -0.4 is 10.5 Å².